The zero-order chi connectivity index (χ0) is 12.8. The van der Waals surface area contributed by atoms with Crippen molar-refractivity contribution in [1.29, 1.82) is 0 Å². The Labute approximate surface area is 107 Å². The maximum Gasteiger partial charge on any atom is 0.194 e. The second kappa shape index (κ2) is 6.07. The third kappa shape index (κ3) is 3.50. The minimum atomic E-state index is -0.855. The third-order valence-corrected chi connectivity index (χ3v) is 2.38. The van der Waals surface area contributed by atoms with Crippen LogP contribution >= 0.6 is 0 Å². The Hall–Kier alpha value is -2.00. The largest absolute Gasteiger partial charge is 0.485 e. The molecule has 94 valence electrons. The number of ether oxygens (including phenoxy) is 2. The number of para-hydroxylation sites is 2. The van der Waals surface area contributed by atoms with E-state index in [0.29, 0.717) is 18.1 Å². The first-order valence-electron chi connectivity index (χ1n) is 5.86. The second-order valence-corrected chi connectivity index (χ2v) is 3.94. The predicted molar refractivity (Wildman–Crippen MR) is 69.5 cm³/mol. The van der Waals surface area contributed by atoms with Gasteiger partial charge in [-0.15, -0.1) is 0 Å². The van der Waals surface area contributed by atoms with E-state index in [2.05, 4.69) is 0 Å². The predicted octanol–water partition coefficient (Wildman–Crippen LogP) is 2.98. The van der Waals surface area contributed by atoms with Crippen LogP contribution in [0, 0.1) is 0 Å². The first kappa shape index (κ1) is 12.5. The summed E-state index contributed by atoms with van der Waals surface area (Å²) < 4.78 is 11.0. The van der Waals surface area contributed by atoms with Gasteiger partial charge >= 0.3 is 0 Å². The number of aliphatic hydroxyl groups is 1. The molecule has 1 unspecified atom stereocenters. The Kier molecular flexibility index (Phi) is 4.20. The summed E-state index contributed by atoms with van der Waals surface area (Å²) in [6.07, 6.45) is -0.855. The van der Waals surface area contributed by atoms with E-state index < -0.39 is 6.29 Å². The molecule has 0 amide bonds. The van der Waals surface area contributed by atoms with E-state index in [1.165, 1.54) is 0 Å². The summed E-state index contributed by atoms with van der Waals surface area (Å²) in [5.74, 6) is 1.17. The fourth-order valence-corrected chi connectivity index (χ4v) is 1.59. The van der Waals surface area contributed by atoms with E-state index in [1.54, 1.807) is 13.0 Å². The van der Waals surface area contributed by atoms with Crippen molar-refractivity contribution in [3.8, 4) is 11.5 Å². The zero-order valence-electron chi connectivity index (χ0n) is 10.2. The summed E-state index contributed by atoms with van der Waals surface area (Å²) in [5, 5.41) is 9.24. The molecule has 0 radical (unpaired) electrons. The van der Waals surface area contributed by atoms with Crippen LogP contribution in [0.2, 0.25) is 0 Å². The molecule has 0 fully saturated rings. The van der Waals surface area contributed by atoms with E-state index >= 15 is 0 Å². The van der Waals surface area contributed by atoms with E-state index in [0.717, 1.165) is 5.56 Å². The van der Waals surface area contributed by atoms with Gasteiger partial charge < -0.3 is 14.6 Å². The quantitative estimate of drug-likeness (QED) is 0.822. The molecule has 1 N–H and O–H groups in total. The molecule has 0 saturated heterocycles. The van der Waals surface area contributed by atoms with Crippen LogP contribution in [0.5, 0.6) is 11.5 Å². The van der Waals surface area contributed by atoms with Crippen molar-refractivity contribution in [2.24, 2.45) is 0 Å². The van der Waals surface area contributed by atoms with Gasteiger partial charge in [0.1, 0.15) is 6.61 Å². The van der Waals surface area contributed by atoms with Crippen molar-refractivity contribution in [3.63, 3.8) is 0 Å². The zero-order valence-corrected chi connectivity index (χ0v) is 10.2. The number of hydrogen-bond acceptors (Lipinski definition) is 3. The summed E-state index contributed by atoms with van der Waals surface area (Å²) in [6, 6.07) is 17.2. The normalized spacial score (nSPS) is 11.9. The Morgan fingerprint density at radius 3 is 2.22 bits per heavy atom. The molecule has 18 heavy (non-hydrogen) atoms. The van der Waals surface area contributed by atoms with Gasteiger partial charge in [0.05, 0.1) is 0 Å². The monoisotopic (exact) mass is 244 g/mol. The molecule has 3 nitrogen and oxygen atoms in total. The van der Waals surface area contributed by atoms with Crippen LogP contribution in [0.1, 0.15) is 12.5 Å². The highest BCUT2D eigenvalue weighted by Crippen LogP contribution is 2.27. The summed E-state index contributed by atoms with van der Waals surface area (Å²) in [7, 11) is 0. The van der Waals surface area contributed by atoms with E-state index in [-0.39, 0.29) is 0 Å². The maximum atomic E-state index is 9.24. The second-order valence-electron chi connectivity index (χ2n) is 3.94. The van der Waals surface area contributed by atoms with Crippen molar-refractivity contribution in [1.82, 2.24) is 0 Å². The summed E-state index contributed by atoms with van der Waals surface area (Å²) in [4.78, 5) is 0. The third-order valence-electron chi connectivity index (χ3n) is 2.38. The highest BCUT2D eigenvalue weighted by molar-refractivity contribution is 5.39. The lowest BCUT2D eigenvalue weighted by molar-refractivity contribution is -0.00262. The molecule has 0 heterocycles. The average molecular weight is 244 g/mol. The Bertz CT molecular complexity index is 480. The number of benzene rings is 2. The Morgan fingerprint density at radius 1 is 0.944 bits per heavy atom. The van der Waals surface area contributed by atoms with Gasteiger partial charge in [-0.3, -0.25) is 0 Å². The highest BCUT2D eigenvalue weighted by Gasteiger charge is 2.06. The molecule has 1 atom stereocenters. The van der Waals surface area contributed by atoms with Crippen LogP contribution in [-0.2, 0) is 6.61 Å². The number of hydrogen-bond donors (Lipinski definition) is 1. The Balaban J connectivity index is 2.05. The van der Waals surface area contributed by atoms with Gasteiger partial charge in [-0.25, -0.2) is 0 Å². The van der Waals surface area contributed by atoms with Crippen molar-refractivity contribution in [2.75, 3.05) is 0 Å². The molecule has 0 aliphatic heterocycles. The molecular weight excluding hydrogens is 228 g/mol. The number of aliphatic hydroxyl groups excluding tert-OH is 1. The number of rotatable bonds is 5. The van der Waals surface area contributed by atoms with Crippen LogP contribution in [0.15, 0.2) is 54.6 Å². The van der Waals surface area contributed by atoms with Gasteiger partial charge in [0.2, 0.25) is 0 Å². The lowest BCUT2D eigenvalue weighted by atomic mass is 10.2. The average Bonchev–Trinajstić information content (AvgIpc) is 2.38. The minimum absolute atomic E-state index is 0.473. The smallest absolute Gasteiger partial charge is 0.194 e. The molecule has 0 saturated carbocycles. The Morgan fingerprint density at radius 2 is 1.56 bits per heavy atom. The van der Waals surface area contributed by atoms with E-state index in [1.807, 2.05) is 48.5 Å². The van der Waals surface area contributed by atoms with Crippen LogP contribution in [0.4, 0.5) is 0 Å². The summed E-state index contributed by atoms with van der Waals surface area (Å²) in [5.41, 5.74) is 1.09. The molecule has 2 aromatic carbocycles. The molecule has 0 aliphatic carbocycles. The van der Waals surface area contributed by atoms with Gasteiger partial charge in [-0.1, -0.05) is 42.5 Å². The molecule has 0 bridgehead atoms. The maximum absolute atomic E-state index is 9.24. The minimum Gasteiger partial charge on any atom is -0.485 e. The summed E-state index contributed by atoms with van der Waals surface area (Å²) >= 11 is 0. The topological polar surface area (TPSA) is 38.7 Å². The first-order valence-corrected chi connectivity index (χ1v) is 5.86. The lowest BCUT2D eigenvalue weighted by Crippen LogP contribution is -2.10. The van der Waals surface area contributed by atoms with Crippen molar-refractivity contribution >= 4 is 0 Å². The van der Waals surface area contributed by atoms with Crippen molar-refractivity contribution < 1.29 is 14.6 Å². The van der Waals surface area contributed by atoms with Gasteiger partial charge in [0, 0.05) is 0 Å². The molecule has 0 aromatic heterocycles. The van der Waals surface area contributed by atoms with Crippen LogP contribution < -0.4 is 9.47 Å². The highest BCUT2D eigenvalue weighted by atomic mass is 16.6. The SMILES string of the molecule is CC(O)Oc1ccccc1OCc1ccccc1. The molecular formula is C15H16O3. The molecule has 0 spiro atoms. The van der Waals surface area contributed by atoms with Crippen molar-refractivity contribution in [2.45, 2.75) is 19.8 Å². The van der Waals surface area contributed by atoms with E-state index in [4.69, 9.17) is 9.47 Å². The van der Waals surface area contributed by atoms with Gasteiger partial charge in [0.25, 0.3) is 0 Å². The lowest BCUT2D eigenvalue weighted by Gasteiger charge is -2.14. The molecule has 0 aliphatic rings. The molecule has 3 heteroatoms. The molecule has 2 aromatic rings. The van der Waals surface area contributed by atoms with Crippen LogP contribution in [0.3, 0.4) is 0 Å². The standard InChI is InChI=1S/C15H16O3/c1-12(16)18-15-10-6-5-9-14(15)17-11-13-7-3-2-4-8-13/h2-10,12,16H,11H2,1H3. The molecule has 2 rings (SSSR count). The fraction of sp³-hybridized carbons (Fsp3) is 0.200. The van der Waals surface area contributed by atoms with Crippen LogP contribution in [0.25, 0.3) is 0 Å². The summed E-state index contributed by atoms with van der Waals surface area (Å²) in [6.45, 7) is 2.04. The van der Waals surface area contributed by atoms with E-state index in [9.17, 15) is 5.11 Å². The van der Waals surface area contributed by atoms with Gasteiger partial charge in [-0.2, -0.15) is 0 Å². The first-order chi connectivity index (χ1) is 8.75. The van der Waals surface area contributed by atoms with Gasteiger partial charge in [0.15, 0.2) is 17.8 Å². The van der Waals surface area contributed by atoms with Crippen molar-refractivity contribution in [3.05, 3.63) is 60.2 Å². The fourth-order valence-electron chi connectivity index (χ4n) is 1.59. The van der Waals surface area contributed by atoms with Crippen LogP contribution in [-0.4, -0.2) is 11.4 Å². The van der Waals surface area contributed by atoms with Gasteiger partial charge in [-0.05, 0) is 24.6 Å².